The fourth-order valence-electron chi connectivity index (χ4n) is 3.44. The summed E-state index contributed by atoms with van der Waals surface area (Å²) in [6, 6.07) is 7.86. The molecule has 0 N–H and O–H groups in total. The van der Waals surface area contributed by atoms with Crippen LogP contribution < -0.4 is 4.90 Å². The molecule has 4 nitrogen and oxygen atoms in total. The first kappa shape index (κ1) is 18.6. The van der Waals surface area contributed by atoms with E-state index >= 15 is 0 Å². The SMILES string of the molecule is Cc1ccnc(N(C)C2CCCN(Cc3ccccc3C(F)(F)F)C2)n1. The minimum absolute atomic E-state index is 0.184. The van der Waals surface area contributed by atoms with E-state index in [-0.39, 0.29) is 6.04 Å². The van der Waals surface area contributed by atoms with Crippen molar-refractivity contribution in [2.45, 2.75) is 38.5 Å². The number of anilines is 1. The van der Waals surface area contributed by atoms with Gasteiger partial charge in [0.2, 0.25) is 5.95 Å². The third-order valence-electron chi connectivity index (χ3n) is 4.84. The highest BCUT2D eigenvalue weighted by Gasteiger charge is 2.34. The van der Waals surface area contributed by atoms with Gasteiger partial charge in [-0.15, -0.1) is 0 Å². The number of alkyl halides is 3. The van der Waals surface area contributed by atoms with Crippen LogP contribution in [0, 0.1) is 6.92 Å². The van der Waals surface area contributed by atoms with Crippen LogP contribution in [0.2, 0.25) is 0 Å². The van der Waals surface area contributed by atoms with E-state index in [1.54, 1.807) is 18.3 Å². The average Bonchev–Trinajstić information content (AvgIpc) is 2.61. The van der Waals surface area contributed by atoms with Crippen molar-refractivity contribution in [2.24, 2.45) is 0 Å². The van der Waals surface area contributed by atoms with Crippen molar-refractivity contribution >= 4 is 5.95 Å². The van der Waals surface area contributed by atoms with Crippen molar-refractivity contribution in [1.29, 1.82) is 0 Å². The van der Waals surface area contributed by atoms with E-state index in [1.165, 1.54) is 6.07 Å². The van der Waals surface area contributed by atoms with Gasteiger partial charge in [-0.1, -0.05) is 18.2 Å². The van der Waals surface area contributed by atoms with E-state index in [1.807, 2.05) is 24.9 Å². The van der Waals surface area contributed by atoms with Gasteiger partial charge in [-0.25, -0.2) is 9.97 Å². The molecular formula is C19H23F3N4. The van der Waals surface area contributed by atoms with Crippen molar-refractivity contribution in [3.8, 4) is 0 Å². The van der Waals surface area contributed by atoms with Crippen molar-refractivity contribution in [2.75, 3.05) is 25.0 Å². The lowest BCUT2D eigenvalue weighted by Gasteiger charge is -2.38. The van der Waals surface area contributed by atoms with Gasteiger partial charge in [0.1, 0.15) is 0 Å². The van der Waals surface area contributed by atoms with E-state index in [0.29, 0.717) is 24.6 Å². The Morgan fingerprint density at radius 2 is 2.00 bits per heavy atom. The van der Waals surface area contributed by atoms with Crippen LogP contribution in [0.5, 0.6) is 0 Å². The molecule has 1 fully saturated rings. The Bertz CT molecular complexity index is 748. The summed E-state index contributed by atoms with van der Waals surface area (Å²) in [5.41, 5.74) is 0.682. The molecule has 0 spiro atoms. The zero-order chi connectivity index (χ0) is 18.7. The summed E-state index contributed by atoms with van der Waals surface area (Å²) in [5, 5.41) is 0. The smallest absolute Gasteiger partial charge is 0.340 e. The number of aromatic nitrogens is 2. The van der Waals surface area contributed by atoms with Gasteiger partial charge < -0.3 is 4.90 Å². The van der Waals surface area contributed by atoms with E-state index in [4.69, 9.17) is 0 Å². The molecule has 140 valence electrons. The molecule has 7 heteroatoms. The summed E-state index contributed by atoms with van der Waals surface area (Å²) in [7, 11) is 1.95. The van der Waals surface area contributed by atoms with E-state index in [2.05, 4.69) is 14.9 Å². The van der Waals surface area contributed by atoms with Gasteiger partial charge in [-0.05, 0) is 44.0 Å². The minimum Gasteiger partial charge on any atom is -0.340 e. The maximum Gasteiger partial charge on any atom is 0.416 e. The molecule has 0 bridgehead atoms. The minimum atomic E-state index is -4.32. The third kappa shape index (κ3) is 4.33. The fourth-order valence-corrected chi connectivity index (χ4v) is 3.44. The first-order valence-corrected chi connectivity index (χ1v) is 8.74. The number of hydrogen-bond acceptors (Lipinski definition) is 4. The van der Waals surface area contributed by atoms with Crippen LogP contribution in [-0.4, -0.2) is 41.0 Å². The van der Waals surface area contributed by atoms with Crippen molar-refractivity contribution in [3.63, 3.8) is 0 Å². The van der Waals surface area contributed by atoms with E-state index in [0.717, 1.165) is 31.1 Å². The topological polar surface area (TPSA) is 32.3 Å². The summed E-state index contributed by atoms with van der Waals surface area (Å²) < 4.78 is 39.7. The van der Waals surface area contributed by atoms with Crippen LogP contribution in [0.25, 0.3) is 0 Å². The molecule has 0 saturated carbocycles. The third-order valence-corrected chi connectivity index (χ3v) is 4.84. The lowest BCUT2D eigenvalue weighted by Crippen LogP contribution is -2.47. The highest BCUT2D eigenvalue weighted by molar-refractivity contribution is 5.32. The van der Waals surface area contributed by atoms with Crippen LogP contribution in [0.4, 0.5) is 19.1 Å². The predicted molar refractivity (Wildman–Crippen MR) is 94.9 cm³/mol. The molecule has 0 aliphatic carbocycles. The molecule has 1 aromatic carbocycles. The lowest BCUT2D eigenvalue weighted by molar-refractivity contribution is -0.138. The zero-order valence-corrected chi connectivity index (χ0v) is 15.0. The molecule has 1 aliphatic rings. The van der Waals surface area contributed by atoms with Crippen LogP contribution >= 0.6 is 0 Å². The number of likely N-dealkylation sites (tertiary alicyclic amines) is 1. The molecule has 2 aromatic rings. The van der Waals surface area contributed by atoms with Gasteiger partial charge in [0.25, 0.3) is 0 Å². The van der Waals surface area contributed by atoms with Gasteiger partial charge in [0.15, 0.2) is 0 Å². The summed E-state index contributed by atoms with van der Waals surface area (Å²) in [5.74, 6) is 0.660. The number of nitrogens with zero attached hydrogens (tertiary/aromatic N) is 4. The molecule has 26 heavy (non-hydrogen) atoms. The van der Waals surface area contributed by atoms with Gasteiger partial charge >= 0.3 is 6.18 Å². The maximum atomic E-state index is 13.2. The van der Waals surface area contributed by atoms with Crippen LogP contribution in [0.3, 0.4) is 0 Å². The molecule has 1 aromatic heterocycles. The molecule has 1 unspecified atom stereocenters. The molecule has 2 heterocycles. The second-order valence-corrected chi connectivity index (χ2v) is 6.80. The Labute approximate surface area is 151 Å². The Balaban J connectivity index is 1.72. The lowest BCUT2D eigenvalue weighted by atomic mass is 10.0. The predicted octanol–water partition coefficient (Wildman–Crippen LogP) is 3.90. The van der Waals surface area contributed by atoms with Gasteiger partial charge in [0.05, 0.1) is 5.56 Å². The summed E-state index contributed by atoms with van der Waals surface area (Å²) in [6.07, 6.45) is -0.674. The molecule has 1 aliphatic heterocycles. The van der Waals surface area contributed by atoms with Crippen molar-refractivity contribution < 1.29 is 13.2 Å². The number of halogens is 3. The zero-order valence-electron chi connectivity index (χ0n) is 15.0. The van der Waals surface area contributed by atoms with Crippen LogP contribution in [-0.2, 0) is 12.7 Å². The Kier molecular flexibility index (Phi) is 5.46. The summed E-state index contributed by atoms with van der Waals surface area (Å²) in [6.45, 7) is 3.71. The highest BCUT2D eigenvalue weighted by atomic mass is 19.4. The van der Waals surface area contributed by atoms with E-state index in [9.17, 15) is 13.2 Å². The second-order valence-electron chi connectivity index (χ2n) is 6.80. The molecule has 1 saturated heterocycles. The number of hydrogen-bond donors (Lipinski definition) is 0. The fraction of sp³-hybridized carbons (Fsp3) is 0.474. The Morgan fingerprint density at radius 3 is 2.73 bits per heavy atom. The largest absolute Gasteiger partial charge is 0.416 e. The van der Waals surface area contributed by atoms with Gasteiger partial charge in [-0.3, -0.25) is 4.90 Å². The molecule has 0 amide bonds. The number of aryl methyl sites for hydroxylation is 1. The van der Waals surface area contributed by atoms with Crippen molar-refractivity contribution in [1.82, 2.24) is 14.9 Å². The average molecular weight is 364 g/mol. The Hall–Kier alpha value is -2.15. The molecular weight excluding hydrogens is 341 g/mol. The van der Waals surface area contributed by atoms with Crippen molar-refractivity contribution in [3.05, 3.63) is 53.3 Å². The monoisotopic (exact) mass is 364 g/mol. The highest BCUT2D eigenvalue weighted by Crippen LogP contribution is 2.33. The quantitative estimate of drug-likeness (QED) is 0.824. The standard InChI is InChI=1S/C19H23F3N4/c1-14-9-10-23-18(24-14)25(2)16-7-5-11-26(13-16)12-15-6-3-4-8-17(15)19(20,21)22/h3-4,6,8-10,16H,5,7,11-13H2,1-2H3. The van der Waals surface area contributed by atoms with Gasteiger partial charge in [-0.2, -0.15) is 13.2 Å². The van der Waals surface area contributed by atoms with Gasteiger partial charge in [0, 0.05) is 38.1 Å². The number of piperidine rings is 1. The molecule has 0 radical (unpaired) electrons. The van der Waals surface area contributed by atoms with E-state index < -0.39 is 11.7 Å². The molecule has 1 atom stereocenters. The Morgan fingerprint density at radius 1 is 1.23 bits per heavy atom. The number of rotatable bonds is 4. The first-order valence-electron chi connectivity index (χ1n) is 8.74. The molecule has 3 rings (SSSR count). The number of likely N-dealkylation sites (N-methyl/N-ethyl adjacent to an activating group) is 1. The normalized spacial score (nSPS) is 18.7. The van der Waals surface area contributed by atoms with Crippen LogP contribution in [0.1, 0.15) is 29.7 Å². The second kappa shape index (κ2) is 7.61. The maximum absolute atomic E-state index is 13.2. The number of benzene rings is 1. The van der Waals surface area contributed by atoms with Crippen LogP contribution in [0.15, 0.2) is 36.5 Å². The summed E-state index contributed by atoms with van der Waals surface area (Å²) in [4.78, 5) is 12.9. The summed E-state index contributed by atoms with van der Waals surface area (Å²) >= 11 is 0. The first-order chi connectivity index (χ1) is 12.3.